The van der Waals surface area contributed by atoms with E-state index in [1.165, 1.54) is 12.8 Å². The second kappa shape index (κ2) is 7.39. The fourth-order valence-electron chi connectivity index (χ4n) is 3.49. The standard InChI is InChI=1S/C17H31N3O/c1-12(2)10-20-17(18-11-19-20)9-16(21)15-7-5-14(6-8-15)13(3)4/h11-16,21H,5-10H2,1-4H3. The van der Waals surface area contributed by atoms with E-state index in [4.69, 9.17) is 0 Å². The van der Waals surface area contributed by atoms with Crippen LogP contribution in [0.3, 0.4) is 0 Å². The van der Waals surface area contributed by atoms with Crippen LogP contribution in [0.4, 0.5) is 0 Å². The predicted molar refractivity (Wildman–Crippen MR) is 84.9 cm³/mol. The molecule has 1 saturated carbocycles. The van der Waals surface area contributed by atoms with Crippen LogP contribution in [0.1, 0.15) is 59.2 Å². The van der Waals surface area contributed by atoms with Crippen LogP contribution in [-0.4, -0.2) is 26.0 Å². The van der Waals surface area contributed by atoms with E-state index in [2.05, 4.69) is 37.8 Å². The number of hydrogen-bond acceptors (Lipinski definition) is 3. The maximum Gasteiger partial charge on any atom is 0.138 e. The van der Waals surface area contributed by atoms with Crippen molar-refractivity contribution in [1.82, 2.24) is 14.8 Å². The van der Waals surface area contributed by atoms with Crippen molar-refractivity contribution in [2.75, 3.05) is 0 Å². The molecule has 0 aromatic carbocycles. The lowest BCUT2D eigenvalue weighted by Crippen LogP contribution is -2.30. The summed E-state index contributed by atoms with van der Waals surface area (Å²) in [6.45, 7) is 9.86. The minimum atomic E-state index is -0.270. The Labute approximate surface area is 129 Å². The van der Waals surface area contributed by atoms with Crippen molar-refractivity contribution in [3.8, 4) is 0 Å². The maximum absolute atomic E-state index is 10.5. The van der Waals surface area contributed by atoms with Gasteiger partial charge in [-0.25, -0.2) is 9.67 Å². The average Bonchev–Trinajstić information content (AvgIpc) is 2.85. The quantitative estimate of drug-likeness (QED) is 0.875. The summed E-state index contributed by atoms with van der Waals surface area (Å²) in [4.78, 5) is 4.34. The van der Waals surface area contributed by atoms with Gasteiger partial charge in [0.25, 0.3) is 0 Å². The first-order valence-electron chi connectivity index (χ1n) is 8.52. The molecule has 1 aromatic rings. The Bertz CT molecular complexity index is 419. The van der Waals surface area contributed by atoms with Gasteiger partial charge < -0.3 is 5.11 Å². The highest BCUT2D eigenvalue weighted by Gasteiger charge is 2.28. The van der Waals surface area contributed by atoms with Gasteiger partial charge in [0.15, 0.2) is 0 Å². The molecule has 0 amide bonds. The number of rotatable bonds is 6. The number of aliphatic hydroxyl groups excluding tert-OH is 1. The van der Waals surface area contributed by atoms with Gasteiger partial charge in [-0.2, -0.15) is 5.10 Å². The van der Waals surface area contributed by atoms with Gasteiger partial charge in [0.1, 0.15) is 12.2 Å². The SMILES string of the molecule is CC(C)Cn1ncnc1CC(O)C1CCC(C(C)C)CC1. The maximum atomic E-state index is 10.5. The van der Waals surface area contributed by atoms with Crippen LogP contribution in [0.15, 0.2) is 6.33 Å². The highest BCUT2D eigenvalue weighted by atomic mass is 16.3. The molecule has 2 rings (SSSR count). The molecule has 1 N–H and O–H groups in total. The molecule has 0 bridgehead atoms. The minimum Gasteiger partial charge on any atom is -0.392 e. The van der Waals surface area contributed by atoms with Gasteiger partial charge in [-0.15, -0.1) is 0 Å². The van der Waals surface area contributed by atoms with E-state index in [1.54, 1.807) is 6.33 Å². The molecule has 0 saturated heterocycles. The third-order valence-electron chi connectivity index (χ3n) is 4.93. The first-order chi connectivity index (χ1) is 9.97. The highest BCUT2D eigenvalue weighted by Crippen LogP contribution is 2.35. The summed E-state index contributed by atoms with van der Waals surface area (Å²) in [5, 5.41) is 14.8. The summed E-state index contributed by atoms with van der Waals surface area (Å²) in [5.74, 6) is 3.53. The van der Waals surface area contributed by atoms with E-state index in [0.717, 1.165) is 37.0 Å². The summed E-state index contributed by atoms with van der Waals surface area (Å²) >= 11 is 0. The Morgan fingerprint density at radius 1 is 1.14 bits per heavy atom. The zero-order valence-electron chi connectivity index (χ0n) is 14.0. The molecule has 1 aliphatic carbocycles. The van der Waals surface area contributed by atoms with Crippen LogP contribution in [0.2, 0.25) is 0 Å². The first-order valence-corrected chi connectivity index (χ1v) is 8.52. The van der Waals surface area contributed by atoms with Crippen LogP contribution in [0, 0.1) is 23.7 Å². The normalized spacial score (nSPS) is 24.7. The largest absolute Gasteiger partial charge is 0.392 e. The Hall–Kier alpha value is -0.900. The monoisotopic (exact) mass is 293 g/mol. The molecule has 21 heavy (non-hydrogen) atoms. The third-order valence-corrected chi connectivity index (χ3v) is 4.93. The summed E-state index contributed by atoms with van der Waals surface area (Å²) < 4.78 is 1.95. The fraction of sp³-hybridized carbons (Fsp3) is 0.882. The van der Waals surface area contributed by atoms with Gasteiger partial charge in [-0.05, 0) is 49.4 Å². The summed E-state index contributed by atoms with van der Waals surface area (Å²) in [6, 6.07) is 0. The molecular weight excluding hydrogens is 262 g/mol. The highest BCUT2D eigenvalue weighted by molar-refractivity contribution is 4.91. The number of aromatic nitrogens is 3. The molecular formula is C17H31N3O. The van der Waals surface area contributed by atoms with Crippen molar-refractivity contribution in [2.24, 2.45) is 23.7 Å². The molecule has 0 spiro atoms. The molecule has 1 aliphatic rings. The molecule has 1 fully saturated rings. The van der Waals surface area contributed by atoms with Crippen molar-refractivity contribution in [3.63, 3.8) is 0 Å². The first kappa shape index (κ1) is 16.5. The van der Waals surface area contributed by atoms with E-state index < -0.39 is 0 Å². The Balaban J connectivity index is 1.87. The number of hydrogen-bond donors (Lipinski definition) is 1. The van der Waals surface area contributed by atoms with E-state index >= 15 is 0 Å². The van der Waals surface area contributed by atoms with Crippen LogP contribution < -0.4 is 0 Å². The van der Waals surface area contributed by atoms with Crippen LogP contribution in [-0.2, 0) is 13.0 Å². The third kappa shape index (κ3) is 4.53. The molecule has 4 nitrogen and oxygen atoms in total. The lowest BCUT2D eigenvalue weighted by molar-refractivity contribution is 0.0650. The zero-order valence-corrected chi connectivity index (χ0v) is 14.0. The Morgan fingerprint density at radius 2 is 1.76 bits per heavy atom. The molecule has 0 radical (unpaired) electrons. The van der Waals surface area contributed by atoms with E-state index in [0.29, 0.717) is 18.3 Å². The van der Waals surface area contributed by atoms with E-state index in [-0.39, 0.29) is 6.10 Å². The fourth-order valence-corrected chi connectivity index (χ4v) is 3.49. The molecule has 1 unspecified atom stereocenters. The molecule has 4 heteroatoms. The van der Waals surface area contributed by atoms with Crippen molar-refractivity contribution in [1.29, 1.82) is 0 Å². The summed E-state index contributed by atoms with van der Waals surface area (Å²) in [6.07, 6.45) is 6.82. The van der Waals surface area contributed by atoms with Crippen molar-refractivity contribution in [3.05, 3.63) is 12.2 Å². The van der Waals surface area contributed by atoms with Crippen molar-refractivity contribution < 1.29 is 5.11 Å². The average molecular weight is 293 g/mol. The molecule has 1 heterocycles. The Kier molecular flexibility index (Phi) is 5.80. The lowest BCUT2D eigenvalue weighted by atomic mass is 9.75. The van der Waals surface area contributed by atoms with Crippen LogP contribution >= 0.6 is 0 Å². The smallest absolute Gasteiger partial charge is 0.138 e. The topological polar surface area (TPSA) is 50.9 Å². The van der Waals surface area contributed by atoms with Gasteiger partial charge in [0.05, 0.1) is 6.10 Å². The second-order valence-corrected chi connectivity index (χ2v) is 7.44. The van der Waals surface area contributed by atoms with Gasteiger partial charge in [-0.1, -0.05) is 27.7 Å². The number of aliphatic hydroxyl groups is 1. The molecule has 0 aliphatic heterocycles. The minimum absolute atomic E-state index is 0.270. The molecule has 1 aromatic heterocycles. The van der Waals surface area contributed by atoms with Gasteiger partial charge in [0, 0.05) is 13.0 Å². The Morgan fingerprint density at radius 3 is 2.33 bits per heavy atom. The number of nitrogens with zero attached hydrogens (tertiary/aromatic N) is 3. The van der Waals surface area contributed by atoms with Gasteiger partial charge in [0.2, 0.25) is 0 Å². The van der Waals surface area contributed by atoms with Crippen LogP contribution in [0.25, 0.3) is 0 Å². The lowest BCUT2D eigenvalue weighted by Gasteiger charge is -2.33. The van der Waals surface area contributed by atoms with Crippen LogP contribution in [0.5, 0.6) is 0 Å². The van der Waals surface area contributed by atoms with Crippen molar-refractivity contribution >= 4 is 0 Å². The predicted octanol–water partition coefficient (Wildman–Crippen LogP) is 3.30. The van der Waals surface area contributed by atoms with E-state index in [1.807, 2.05) is 4.68 Å². The second-order valence-electron chi connectivity index (χ2n) is 7.44. The summed E-state index contributed by atoms with van der Waals surface area (Å²) in [7, 11) is 0. The van der Waals surface area contributed by atoms with Gasteiger partial charge in [-0.3, -0.25) is 0 Å². The molecule has 1 atom stereocenters. The molecule has 120 valence electrons. The van der Waals surface area contributed by atoms with Gasteiger partial charge >= 0.3 is 0 Å². The summed E-state index contributed by atoms with van der Waals surface area (Å²) in [5.41, 5.74) is 0. The zero-order chi connectivity index (χ0) is 15.4. The van der Waals surface area contributed by atoms with Crippen molar-refractivity contribution in [2.45, 2.75) is 72.4 Å². The van der Waals surface area contributed by atoms with E-state index in [9.17, 15) is 5.11 Å².